The summed E-state index contributed by atoms with van der Waals surface area (Å²) in [7, 11) is -4.14. The van der Waals surface area contributed by atoms with E-state index in [9.17, 15) is 22.0 Å². The Hall–Kier alpha value is -2.36. The molecule has 1 aliphatic heterocycles. The van der Waals surface area contributed by atoms with E-state index in [1.165, 1.54) is 5.56 Å². The van der Waals surface area contributed by atoms with Gasteiger partial charge < -0.3 is 10.1 Å². The van der Waals surface area contributed by atoms with Crippen molar-refractivity contribution in [1.82, 2.24) is 9.62 Å². The number of benzene rings is 2. The molecule has 0 aliphatic carbocycles. The zero-order valence-corrected chi connectivity index (χ0v) is 18.6. The van der Waals surface area contributed by atoms with Crippen molar-refractivity contribution in [1.29, 1.82) is 0 Å². The molecular formula is C23H28F2N2O4S. The van der Waals surface area contributed by atoms with Crippen molar-refractivity contribution in [2.45, 2.75) is 30.6 Å². The van der Waals surface area contributed by atoms with E-state index in [-0.39, 0.29) is 24.9 Å². The summed E-state index contributed by atoms with van der Waals surface area (Å²) in [5.74, 6) is -2.23. The predicted molar refractivity (Wildman–Crippen MR) is 116 cm³/mol. The number of carbonyl (C=O) groups excluding carboxylic acids is 1. The van der Waals surface area contributed by atoms with E-state index in [0.717, 1.165) is 22.9 Å². The van der Waals surface area contributed by atoms with Crippen LogP contribution in [0.5, 0.6) is 0 Å². The number of halogens is 2. The summed E-state index contributed by atoms with van der Waals surface area (Å²) in [6, 6.07) is 12.4. The molecule has 0 aromatic heterocycles. The van der Waals surface area contributed by atoms with Gasteiger partial charge in [0.25, 0.3) is 0 Å². The smallest absolute Gasteiger partial charge is 0.246 e. The Morgan fingerprint density at radius 2 is 1.78 bits per heavy atom. The van der Waals surface area contributed by atoms with Crippen LogP contribution in [-0.4, -0.2) is 51.5 Å². The minimum atomic E-state index is -4.14. The molecule has 1 amide bonds. The molecule has 0 unspecified atom stereocenters. The number of ether oxygens (including phenoxy) is 1. The van der Waals surface area contributed by atoms with Crippen LogP contribution in [0.4, 0.5) is 8.78 Å². The van der Waals surface area contributed by atoms with Gasteiger partial charge in [-0.25, -0.2) is 17.2 Å². The Bertz CT molecular complexity index is 994. The molecule has 9 heteroatoms. The van der Waals surface area contributed by atoms with Crippen LogP contribution >= 0.6 is 0 Å². The van der Waals surface area contributed by atoms with Crippen molar-refractivity contribution in [3.8, 4) is 0 Å². The van der Waals surface area contributed by atoms with Crippen molar-refractivity contribution in [2.24, 2.45) is 5.92 Å². The van der Waals surface area contributed by atoms with Crippen molar-refractivity contribution in [3.05, 3.63) is 65.7 Å². The van der Waals surface area contributed by atoms with Crippen molar-refractivity contribution in [3.63, 3.8) is 0 Å². The molecule has 0 radical (unpaired) electrons. The van der Waals surface area contributed by atoms with Gasteiger partial charge in [-0.3, -0.25) is 4.79 Å². The van der Waals surface area contributed by atoms with E-state index in [2.05, 4.69) is 17.4 Å². The second kappa shape index (κ2) is 11.5. The molecule has 1 N–H and O–H groups in total. The summed E-state index contributed by atoms with van der Waals surface area (Å²) in [6.45, 7) is 1.81. The van der Waals surface area contributed by atoms with E-state index < -0.39 is 26.6 Å². The number of hydrogen-bond acceptors (Lipinski definition) is 4. The van der Waals surface area contributed by atoms with Gasteiger partial charge >= 0.3 is 0 Å². The number of carbonyl (C=O) groups is 1. The van der Waals surface area contributed by atoms with Gasteiger partial charge in [-0.2, -0.15) is 4.31 Å². The second-order valence-corrected chi connectivity index (χ2v) is 9.65. The SMILES string of the molecule is O=C(NCCCOCCc1ccccc1)C1CCN(S(=O)(=O)c2cc(F)ccc2F)CC1. The number of hydrogen-bond donors (Lipinski definition) is 1. The molecule has 2 aromatic rings. The third-order valence-electron chi connectivity index (χ3n) is 5.48. The fourth-order valence-corrected chi connectivity index (χ4v) is 5.18. The molecule has 1 heterocycles. The van der Waals surface area contributed by atoms with Crippen molar-refractivity contribution < 1.29 is 26.7 Å². The van der Waals surface area contributed by atoms with E-state index in [1.54, 1.807) is 0 Å². The summed E-state index contributed by atoms with van der Waals surface area (Å²) in [6.07, 6.45) is 2.19. The molecule has 1 fully saturated rings. The number of rotatable bonds is 10. The van der Waals surface area contributed by atoms with Crippen LogP contribution in [0.15, 0.2) is 53.4 Å². The van der Waals surface area contributed by atoms with Gasteiger partial charge in [-0.1, -0.05) is 30.3 Å². The molecule has 1 aliphatic rings. The van der Waals surface area contributed by atoms with E-state index in [4.69, 9.17) is 4.74 Å². The molecule has 0 bridgehead atoms. The van der Waals surface area contributed by atoms with Crippen LogP contribution in [0.1, 0.15) is 24.8 Å². The number of nitrogens with one attached hydrogen (secondary N) is 1. The lowest BCUT2D eigenvalue weighted by molar-refractivity contribution is -0.126. The van der Waals surface area contributed by atoms with Crippen LogP contribution in [0.25, 0.3) is 0 Å². The van der Waals surface area contributed by atoms with E-state index in [0.29, 0.717) is 45.1 Å². The first-order valence-electron chi connectivity index (χ1n) is 10.7. The van der Waals surface area contributed by atoms with Gasteiger partial charge in [0, 0.05) is 32.2 Å². The standard InChI is InChI=1S/C23H28F2N2O4S/c24-20-7-8-21(25)22(17-20)32(29,30)27-13-9-19(10-14-27)23(28)26-12-4-15-31-16-11-18-5-2-1-3-6-18/h1-3,5-8,17,19H,4,9-16H2,(H,26,28). The first-order chi connectivity index (χ1) is 15.4. The highest BCUT2D eigenvalue weighted by molar-refractivity contribution is 7.89. The normalized spacial score (nSPS) is 15.6. The molecule has 6 nitrogen and oxygen atoms in total. The molecule has 174 valence electrons. The highest BCUT2D eigenvalue weighted by Crippen LogP contribution is 2.26. The number of amides is 1. The summed E-state index contributed by atoms with van der Waals surface area (Å²) in [5.41, 5.74) is 1.22. The Labute approximate surface area is 187 Å². The van der Waals surface area contributed by atoms with Gasteiger partial charge in [0.1, 0.15) is 16.5 Å². The van der Waals surface area contributed by atoms with Crippen LogP contribution < -0.4 is 5.32 Å². The lowest BCUT2D eigenvalue weighted by Crippen LogP contribution is -2.43. The first kappa shape index (κ1) is 24.3. The van der Waals surface area contributed by atoms with Gasteiger partial charge in [-0.05, 0) is 49.4 Å². The van der Waals surface area contributed by atoms with Gasteiger partial charge in [0.15, 0.2) is 0 Å². The van der Waals surface area contributed by atoms with Gasteiger partial charge in [0.05, 0.1) is 6.61 Å². The van der Waals surface area contributed by atoms with Crippen molar-refractivity contribution >= 4 is 15.9 Å². The topological polar surface area (TPSA) is 75.7 Å². The maximum Gasteiger partial charge on any atom is 0.246 e. The zero-order chi connectivity index (χ0) is 23.0. The van der Waals surface area contributed by atoms with Crippen LogP contribution in [0, 0.1) is 17.6 Å². The molecule has 3 rings (SSSR count). The maximum atomic E-state index is 13.9. The second-order valence-electron chi connectivity index (χ2n) is 7.75. The lowest BCUT2D eigenvalue weighted by Gasteiger charge is -2.30. The molecular weight excluding hydrogens is 438 g/mol. The average molecular weight is 467 g/mol. The van der Waals surface area contributed by atoms with Gasteiger partial charge in [-0.15, -0.1) is 0 Å². The first-order valence-corrected chi connectivity index (χ1v) is 12.2. The minimum absolute atomic E-state index is 0.0823. The summed E-state index contributed by atoms with van der Waals surface area (Å²) in [4.78, 5) is 11.7. The molecule has 32 heavy (non-hydrogen) atoms. The highest BCUT2D eigenvalue weighted by Gasteiger charge is 2.33. The number of piperidine rings is 1. The summed E-state index contributed by atoms with van der Waals surface area (Å²) in [5, 5.41) is 2.87. The summed E-state index contributed by atoms with van der Waals surface area (Å²) >= 11 is 0. The fourth-order valence-electron chi connectivity index (χ4n) is 3.64. The van der Waals surface area contributed by atoms with Gasteiger partial charge in [0.2, 0.25) is 15.9 Å². The Morgan fingerprint density at radius 3 is 2.50 bits per heavy atom. The maximum absolute atomic E-state index is 13.9. The fraction of sp³-hybridized carbons (Fsp3) is 0.435. The predicted octanol–water partition coefficient (Wildman–Crippen LogP) is 3.13. The molecule has 0 spiro atoms. The minimum Gasteiger partial charge on any atom is -0.381 e. The molecule has 0 atom stereocenters. The molecule has 0 saturated carbocycles. The van der Waals surface area contributed by atoms with Crippen LogP contribution in [0.2, 0.25) is 0 Å². The Balaban J connectivity index is 1.35. The largest absolute Gasteiger partial charge is 0.381 e. The number of sulfonamides is 1. The quantitative estimate of drug-likeness (QED) is 0.546. The Kier molecular flexibility index (Phi) is 8.72. The van der Waals surface area contributed by atoms with Crippen molar-refractivity contribution in [2.75, 3.05) is 32.8 Å². The molecule has 1 saturated heterocycles. The third-order valence-corrected chi connectivity index (χ3v) is 7.39. The third kappa shape index (κ3) is 6.57. The van der Waals surface area contributed by atoms with E-state index >= 15 is 0 Å². The van der Waals surface area contributed by atoms with Crippen LogP contribution in [-0.2, 0) is 26.0 Å². The zero-order valence-electron chi connectivity index (χ0n) is 17.8. The average Bonchev–Trinajstić information content (AvgIpc) is 2.80. The summed E-state index contributed by atoms with van der Waals surface area (Å²) < 4.78 is 59.3. The highest BCUT2D eigenvalue weighted by atomic mass is 32.2. The monoisotopic (exact) mass is 466 g/mol. The molecule has 2 aromatic carbocycles. The van der Waals surface area contributed by atoms with E-state index in [1.807, 2.05) is 18.2 Å². The lowest BCUT2D eigenvalue weighted by atomic mass is 9.97. The Morgan fingerprint density at radius 1 is 1.06 bits per heavy atom. The number of nitrogens with zero attached hydrogens (tertiary/aromatic N) is 1. The van der Waals surface area contributed by atoms with Crippen LogP contribution in [0.3, 0.4) is 0 Å².